The number of aliphatic hydroxyl groups is 1. The summed E-state index contributed by atoms with van der Waals surface area (Å²) in [5, 5.41) is 21.0. The Morgan fingerprint density at radius 3 is 2.89 bits per heavy atom. The summed E-state index contributed by atoms with van der Waals surface area (Å²) in [6, 6.07) is 9.27. The number of nitrogens with one attached hydrogen (secondary N) is 1. The van der Waals surface area contributed by atoms with E-state index >= 15 is 0 Å². The van der Waals surface area contributed by atoms with Gasteiger partial charge >= 0.3 is 10.3 Å². The van der Waals surface area contributed by atoms with Gasteiger partial charge in [-0.15, -0.1) is 11.3 Å². The van der Waals surface area contributed by atoms with Gasteiger partial charge in [0, 0.05) is 29.1 Å². The predicted octanol–water partition coefficient (Wildman–Crippen LogP) is 3.35. The van der Waals surface area contributed by atoms with E-state index in [-0.39, 0.29) is 24.3 Å². The lowest BCUT2D eigenvalue weighted by Gasteiger charge is -2.15. The highest BCUT2D eigenvalue weighted by atomic mass is 35.5. The van der Waals surface area contributed by atoms with Crippen molar-refractivity contribution in [3.05, 3.63) is 74.8 Å². The third-order valence-electron chi connectivity index (χ3n) is 6.09. The smallest absolute Gasteiger partial charge is 0.333 e. The molecule has 3 aromatic rings. The molecule has 1 saturated carbocycles. The number of aliphatic hydroxyl groups excluding tert-OH is 1. The Hall–Kier alpha value is -2.41. The Balaban J connectivity index is 1.47. The number of nitrogens with two attached hydrogens (primary N) is 1. The Bertz CT molecular complexity index is 1320. The van der Waals surface area contributed by atoms with Crippen LogP contribution >= 0.6 is 22.9 Å². The third-order valence-corrected chi connectivity index (χ3v) is 7.74. The zero-order valence-corrected chi connectivity index (χ0v) is 21.2. The first-order chi connectivity index (χ1) is 16.6. The summed E-state index contributed by atoms with van der Waals surface area (Å²) in [4.78, 5) is 22.1. The van der Waals surface area contributed by atoms with Crippen molar-refractivity contribution in [3.8, 4) is 0 Å². The Morgan fingerprint density at radius 1 is 1.34 bits per heavy atom. The number of ketones is 1. The van der Waals surface area contributed by atoms with Crippen LogP contribution in [0.5, 0.6) is 0 Å². The molecule has 0 saturated heterocycles. The van der Waals surface area contributed by atoms with Crippen LogP contribution in [0.1, 0.15) is 52.0 Å². The van der Waals surface area contributed by atoms with Gasteiger partial charge < -0.3 is 10.4 Å². The minimum absolute atomic E-state index is 0.0626. The molecule has 1 aliphatic rings. The SMILES string of the molecule is CC(c1cccc(Cl)c1)c1csc(C(=O)c2cncnc2N[C@@H]2C[C@H](COS(N)(=O)=O)[C@@H](O)C2)c1. The van der Waals surface area contributed by atoms with Crippen LogP contribution in [0, 0.1) is 5.92 Å². The highest BCUT2D eigenvalue weighted by Crippen LogP contribution is 2.32. The summed E-state index contributed by atoms with van der Waals surface area (Å²) in [7, 11) is -4.09. The second-order valence-corrected chi connectivity index (χ2v) is 11.1. The summed E-state index contributed by atoms with van der Waals surface area (Å²) in [5.74, 6) is -0.212. The molecule has 0 radical (unpaired) electrons. The molecule has 9 nitrogen and oxygen atoms in total. The molecule has 1 aromatic carbocycles. The molecule has 0 aliphatic heterocycles. The molecule has 1 fully saturated rings. The number of thiophene rings is 1. The van der Waals surface area contributed by atoms with Crippen molar-refractivity contribution in [2.24, 2.45) is 11.1 Å². The van der Waals surface area contributed by atoms with Crippen molar-refractivity contribution < 1.29 is 22.5 Å². The number of nitrogens with zero attached hydrogens (tertiary/aromatic N) is 2. The minimum Gasteiger partial charge on any atom is -0.393 e. The van der Waals surface area contributed by atoms with E-state index in [1.54, 1.807) is 0 Å². The summed E-state index contributed by atoms with van der Waals surface area (Å²) >= 11 is 7.48. The van der Waals surface area contributed by atoms with Gasteiger partial charge in [0.05, 0.1) is 23.2 Å². The van der Waals surface area contributed by atoms with Crippen molar-refractivity contribution in [2.45, 2.75) is 37.8 Å². The average Bonchev–Trinajstić information content (AvgIpc) is 3.43. The van der Waals surface area contributed by atoms with Gasteiger partial charge in [0.25, 0.3) is 0 Å². The summed E-state index contributed by atoms with van der Waals surface area (Å²) in [5.41, 5.74) is 2.37. The molecular formula is C23H25ClN4O5S2. The second-order valence-electron chi connectivity index (χ2n) is 8.55. The number of carbonyl (C=O) groups is 1. The highest BCUT2D eigenvalue weighted by Gasteiger charge is 2.34. The summed E-state index contributed by atoms with van der Waals surface area (Å²) in [6.45, 7) is 1.85. The second kappa shape index (κ2) is 10.7. The molecule has 4 N–H and O–H groups in total. The first-order valence-corrected chi connectivity index (χ1v) is 13.6. The number of benzene rings is 1. The summed E-state index contributed by atoms with van der Waals surface area (Å²) in [6.07, 6.45) is 2.80. The summed E-state index contributed by atoms with van der Waals surface area (Å²) < 4.78 is 26.8. The van der Waals surface area contributed by atoms with Gasteiger partial charge in [-0.1, -0.05) is 30.7 Å². The normalized spacial score (nSPS) is 21.1. The van der Waals surface area contributed by atoms with Crippen LogP contribution in [0.2, 0.25) is 5.02 Å². The van der Waals surface area contributed by atoms with E-state index in [0.717, 1.165) is 11.1 Å². The largest absolute Gasteiger partial charge is 0.393 e. The molecule has 35 heavy (non-hydrogen) atoms. The molecule has 12 heteroatoms. The van der Waals surface area contributed by atoms with E-state index in [1.165, 1.54) is 23.9 Å². The molecule has 0 amide bonds. The van der Waals surface area contributed by atoms with Crippen molar-refractivity contribution in [1.29, 1.82) is 0 Å². The van der Waals surface area contributed by atoms with Crippen molar-refractivity contribution in [2.75, 3.05) is 11.9 Å². The monoisotopic (exact) mass is 536 g/mol. The van der Waals surface area contributed by atoms with Gasteiger partial charge in [0.1, 0.15) is 12.1 Å². The average molecular weight is 537 g/mol. The van der Waals surface area contributed by atoms with Crippen molar-refractivity contribution in [1.82, 2.24) is 9.97 Å². The van der Waals surface area contributed by atoms with E-state index in [2.05, 4.69) is 26.4 Å². The van der Waals surface area contributed by atoms with E-state index in [1.807, 2.05) is 35.7 Å². The van der Waals surface area contributed by atoms with Crippen LogP contribution in [0.4, 0.5) is 5.82 Å². The zero-order valence-electron chi connectivity index (χ0n) is 18.8. The van der Waals surface area contributed by atoms with Gasteiger partial charge in [-0.25, -0.2) is 15.1 Å². The fourth-order valence-corrected chi connectivity index (χ4v) is 5.70. The molecule has 1 unspecified atom stereocenters. The lowest BCUT2D eigenvalue weighted by atomic mass is 9.95. The Kier molecular flexibility index (Phi) is 7.84. The van der Waals surface area contributed by atoms with Crippen LogP contribution < -0.4 is 10.5 Å². The fourth-order valence-electron chi connectivity index (χ4n) is 4.18. The maximum Gasteiger partial charge on any atom is 0.333 e. The molecule has 4 atom stereocenters. The Labute approximate surface area is 212 Å². The standard InChI is InChI=1S/C23H25ClN4O5S2/c1-13(14-3-2-4-17(24)5-14)16-7-21(34-11-16)22(30)19-9-26-12-27-23(19)28-18-6-15(20(29)8-18)10-33-35(25,31)32/h2-5,7,9,11-13,15,18,20,29H,6,8,10H2,1H3,(H2,25,31,32)(H,26,27,28)/t13?,15-,18-,20+/m1/s1. The van der Waals surface area contributed by atoms with E-state index in [0.29, 0.717) is 34.1 Å². The molecular weight excluding hydrogens is 512 g/mol. The van der Waals surface area contributed by atoms with Gasteiger partial charge in [-0.3, -0.25) is 8.98 Å². The number of hydrogen-bond acceptors (Lipinski definition) is 9. The fraction of sp³-hybridized carbons (Fsp3) is 0.348. The van der Waals surface area contributed by atoms with Crippen LogP contribution in [0.15, 0.2) is 48.2 Å². The first-order valence-electron chi connectivity index (χ1n) is 10.9. The maximum absolute atomic E-state index is 13.3. The zero-order chi connectivity index (χ0) is 25.2. The molecule has 186 valence electrons. The van der Waals surface area contributed by atoms with Crippen LogP contribution in [0.3, 0.4) is 0 Å². The highest BCUT2D eigenvalue weighted by molar-refractivity contribution is 7.84. The van der Waals surface area contributed by atoms with E-state index < -0.39 is 22.3 Å². The van der Waals surface area contributed by atoms with Gasteiger partial charge in [0.15, 0.2) is 0 Å². The van der Waals surface area contributed by atoms with Crippen molar-refractivity contribution in [3.63, 3.8) is 0 Å². The predicted molar refractivity (Wildman–Crippen MR) is 134 cm³/mol. The number of halogens is 1. The number of anilines is 1. The quantitative estimate of drug-likeness (QED) is 0.353. The molecule has 2 heterocycles. The molecule has 1 aliphatic carbocycles. The van der Waals surface area contributed by atoms with Gasteiger partial charge in [-0.05, 0) is 47.5 Å². The maximum atomic E-state index is 13.3. The number of aromatic nitrogens is 2. The van der Waals surface area contributed by atoms with E-state index in [4.69, 9.17) is 16.7 Å². The lowest BCUT2D eigenvalue weighted by molar-refractivity contribution is 0.101. The molecule has 2 aromatic heterocycles. The van der Waals surface area contributed by atoms with Crippen molar-refractivity contribution >= 4 is 44.8 Å². The van der Waals surface area contributed by atoms with Crippen LogP contribution in [0.25, 0.3) is 0 Å². The number of hydrogen-bond donors (Lipinski definition) is 3. The molecule has 0 bridgehead atoms. The topological polar surface area (TPSA) is 144 Å². The Morgan fingerprint density at radius 2 is 2.14 bits per heavy atom. The molecule has 4 rings (SSSR count). The van der Waals surface area contributed by atoms with Gasteiger partial charge in [-0.2, -0.15) is 8.42 Å². The molecule has 0 spiro atoms. The minimum atomic E-state index is -4.09. The first kappa shape index (κ1) is 25.7. The van der Waals surface area contributed by atoms with Gasteiger partial charge in [0.2, 0.25) is 5.78 Å². The van der Waals surface area contributed by atoms with E-state index in [9.17, 15) is 18.3 Å². The number of carbonyl (C=O) groups excluding carboxylic acids is 1. The number of rotatable bonds is 9. The van der Waals surface area contributed by atoms with Crippen LogP contribution in [-0.2, 0) is 14.5 Å². The third kappa shape index (κ3) is 6.43. The van der Waals surface area contributed by atoms with Crippen LogP contribution in [-0.4, -0.2) is 48.0 Å². The lowest BCUT2D eigenvalue weighted by Crippen LogP contribution is -2.24.